The van der Waals surface area contributed by atoms with E-state index >= 15 is 0 Å². The zero-order valence-electron chi connectivity index (χ0n) is 13.2. The number of rotatable bonds is 4. The van der Waals surface area contributed by atoms with E-state index < -0.39 is 5.54 Å². The summed E-state index contributed by atoms with van der Waals surface area (Å²) in [5.74, 6) is -0.525. The summed E-state index contributed by atoms with van der Waals surface area (Å²) in [5, 5.41) is 3.05. The molecule has 24 heavy (non-hydrogen) atoms. The van der Waals surface area contributed by atoms with E-state index in [9.17, 15) is 9.18 Å². The molecule has 124 valence electrons. The highest BCUT2D eigenvalue weighted by Gasteiger charge is 2.35. The van der Waals surface area contributed by atoms with Gasteiger partial charge >= 0.3 is 0 Å². The quantitative estimate of drug-likeness (QED) is 0.879. The summed E-state index contributed by atoms with van der Waals surface area (Å²) in [6, 6.07) is 10.1. The normalized spacial score (nSPS) is 16.9. The predicted octanol–water partition coefficient (Wildman–Crippen LogP) is 3.06. The third-order valence-corrected chi connectivity index (χ3v) is 4.20. The van der Waals surface area contributed by atoms with Crippen LogP contribution in [-0.4, -0.2) is 24.1 Å². The van der Waals surface area contributed by atoms with Gasteiger partial charge in [-0.1, -0.05) is 18.2 Å². The van der Waals surface area contributed by atoms with Gasteiger partial charge in [0.05, 0.1) is 5.54 Å². The lowest BCUT2D eigenvalue weighted by Crippen LogP contribution is -2.49. The van der Waals surface area contributed by atoms with Gasteiger partial charge in [0.1, 0.15) is 5.82 Å². The van der Waals surface area contributed by atoms with E-state index in [0.29, 0.717) is 26.1 Å². The Hall–Kier alpha value is -2.53. The van der Waals surface area contributed by atoms with Crippen molar-refractivity contribution in [3.63, 3.8) is 0 Å². The smallest absolute Gasteiger partial charge is 0.244 e. The lowest BCUT2D eigenvalue weighted by molar-refractivity contribution is -0.119. The van der Waals surface area contributed by atoms with Gasteiger partial charge in [0, 0.05) is 31.7 Å². The predicted molar refractivity (Wildman–Crippen MR) is 89.5 cm³/mol. The van der Waals surface area contributed by atoms with E-state index in [2.05, 4.69) is 10.3 Å². The van der Waals surface area contributed by atoms with Crippen molar-refractivity contribution in [3.05, 3.63) is 71.8 Å². The Labute approximate surface area is 140 Å². The van der Waals surface area contributed by atoms with Gasteiger partial charge in [0.15, 0.2) is 0 Å². The lowest BCUT2D eigenvalue weighted by atomic mass is 9.82. The Morgan fingerprint density at radius 1 is 1.25 bits per heavy atom. The summed E-state index contributed by atoms with van der Waals surface area (Å²) in [4.78, 5) is 16.4. The molecule has 1 aromatic heterocycles. The van der Waals surface area contributed by atoms with Crippen molar-refractivity contribution in [2.24, 2.45) is 0 Å². The molecule has 5 heteroatoms. The molecule has 1 amide bonds. The van der Waals surface area contributed by atoms with E-state index in [4.69, 9.17) is 4.74 Å². The van der Waals surface area contributed by atoms with Crippen molar-refractivity contribution in [2.45, 2.75) is 18.4 Å². The minimum Gasteiger partial charge on any atom is -0.381 e. The monoisotopic (exact) mass is 326 g/mol. The average molecular weight is 326 g/mol. The summed E-state index contributed by atoms with van der Waals surface area (Å²) in [6.45, 7) is 1.06. The SMILES string of the molecule is O=C(/C=C/c1cccnc1)NC1(c2cccc(F)c2)CCOCC1. The van der Waals surface area contributed by atoms with E-state index in [-0.39, 0.29) is 11.7 Å². The molecule has 1 aliphatic rings. The topological polar surface area (TPSA) is 51.2 Å². The maximum absolute atomic E-state index is 13.6. The first-order valence-corrected chi connectivity index (χ1v) is 7.92. The number of hydrogen-bond donors (Lipinski definition) is 1. The number of aromatic nitrogens is 1. The van der Waals surface area contributed by atoms with E-state index in [0.717, 1.165) is 11.1 Å². The van der Waals surface area contributed by atoms with Crippen LogP contribution in [-0.2, 0) is 15.1 Å². The van der Waals surface area contributed by atoms with Crippen molar-refractivity contribution in [1.29, 1.82) is 0 Å². The molecule has 1 saturated heterocycles. The number of carbonyl (C=O) groups excluding carboxylic acids is 1. The number of amides is 1. The Balaban J connectivity index is 1.79. The molecule has 0 aliphatic carbocycles. The van der Waals surface area contributed by atoms with Crippen LogP contribution >= 0.6 is 0 Å². The van der Waals surface area contributed by atoms with Gasteiger partial charge in [-0.05, 0) is 48.2 Å². The van der Waals surface area contributed by atoms with Crippen LogP contribution in [0.5, 0.6) is 0 Å². The second kappa shape index (κ2) is 7.36. The average Bonchev–Trinajstić information content (AvgIpc) is 2.62. The van der Waals surface area contributed by atoms with E-state index in [1.807, 2.05) is 18.2 Å². The Morgan fingerprint density at radius 3 is 2.79 bits per heavy atom. The van der Waals surface area contributed by atoms with Crippen molar-refractivity contribution in [1.82, 2.24) is 10.3 Å². The zero-order chi connectivity index (χ0) is 16.8. The van der Waals surface area contributed by atoms with Crippen LogP contribution in [0.15, 0.2) is 54.9 Å². The largest absolute Gasteiger partial charge is 0.381 e. The lowest BCUT2D eigenvalue weighted by Gasteiger charge is -2.38. The van der Waals surface area contributed by atoms with E-state index in [1.54, 1.807) is 24.5 Å². The number of nitrogens with zero attached hydrogens (tertiary/aromatic N) is 1. The Morgan fingerprint density at radius 2 is 2.08 bits per heavy atom. The van der Waals surface area contributed by atoms with Crippen LogP contribution in [0.25, 0.3) is 6.08 Å². The van der Waals surface area contributed by atoms with Crippen molar-refractivity contribution < 1.29 is 13.9 Å². The Bertz CT molecular complexity index is 725. The molecule has 4 nitrogen and oxygen atoms in total. The number of ether oxygens (including phenoxy) is 1. The molecule has 0 saturated carbocycles. The van der Waals surface area contributed by atoms with Crippen LogP contribution in [0.2, 0.25) is 0 Å². The van der Waals surface area contributed by atoms with Crippen molar-refractivity contribution in [2.75, 3.05) is 13.2 Å². The van der Waals surface area contributed by atoms with Crippen molar-refractivity contribution in [3.8, 4) is 0 Å². The summed E-state index contributed by atoms with van der Waals surface area (Å²) >= 11 is 0. The molecule has 0 radical (unpaired) electrons. The van der Waals surface area contributed by atoms with Crippen LogP contribution in [0.4, 0.5) is 4.39 Å². The number of hydrogen-bond acceptors (Lipinski definition) is 3. The summed E-state index contributed by atoms with van der Waals surface area (Å²) in [6.07, 6.45) is 7.78. The van der Waals surface area contributed by atoms with Crippen LogP contribution in [0.1, 0.15) is 24.0 Å². The maximum Gasteiger partial charge on any atom is 0.244 e. The minimum absolute atomic E-state index is 0.218. The van der Waals surface area contributed by atoms with Crippen LogP contribution in [0, 0.1) is 5.82 Å². The molecule has 1 aromatic carbocycles. The molecule has 2 aromatic rings. The fraction of sp³-hybridized carbons (Fsp3) is 0.263. The second-order valence-electron chi connectivity index (χ2n) is 5.81. The fourth-order valence-corrected chi connectivity index (χ4v) is 2.92. The first-order valence-electron chi connectivity index (χ1n) is 7.92. The molecular formula is C19H19FN2O2. The molecule has 1 fully saturated rings. The molecule has 0 bridgehead atoms. The molecule has 0 atom stereocenters. The van der Waals surface area contributed by atoms with Gasteiger partial charge in [0.25, 0.3) is 0 Å². The number of benzene rings is 1. The molecule has 0 spiro atoms. The number of carbonyl (C=O) groups is 1. The third-order valence-electron chi connectivity index (χ3n) is 4.20. The van der Waals surface area contributed by atoms with Crippen LogP contribution < -0.4 is 5.32 Å². The minimum atomic E-state index is -0.600. The highest BCUT2D eigenvalue weighted by molar-refractivity contribution is 5.92. The summed E-state index contributed by atoms with van der Waals surface area (Å²) < 4.78 is 19.1. The van der Waals surface area contributed by atoms with Crippen molar-refractivity contribution >= 4 is 12.0 Å². The van der Waals surface area contributed by atoms with Gasteiger partial charge in [-0.15, -0.1) is 0 Å². The molecule has 1 aliphatic heterocycles. The maximum atomic E-state index is 13.6. The first-order chi connectivity index (χ1) is 11.7. The number of halogens is 1. The van der Waals surface area contributed by atoms with Gasteiger partial charge < -0.3 is 10.1 Å². The number of nitrogens with one attached hydrogen (secondary N) is 1. The number of pyridine rings is 1. The highest BCUT2D eigenvalue weighted by atomic mass is 19.1. The van der Waals surface area contributed by atoms with E-state index in [1.165, 1.54) is 18.2 Å². The standard InChI is InChI=1S/C19H19FN2O2/c20-17-5-1-4-16(13-17)19(8-11-24-12-9-19)22-18(23)7-6-15-3-2-10-21-14-15/h1-7,10,13-14H,8-9,11-12H2,(H,22,23)/b7-6+. The molecule has 1 N–H and O–H groups in total. The first kappa shape index (κ1) is 16.3. The summed E-state index contributed by atoms with van der Waals surface area (Å²) in [5.41, 5.74) is 1.02. The Kier molecular flexibility index (Phi) is 5.01. The summed E-state index contributed by atoms with van der Waals surface area (Å²) in [7, 11) is 0. The van der Waals surface area contributed by atoms with Gasteiger partial charge in [-0.25, -0.2) is 4.39 Å². The van der Waals surface area contributed by atoms with Gasteiger partial charge in [-0.3, -0.25) is 9.78 Å². The zero-order valence-corrected chi connectivity index (χ0v) is 13.2. The van der Waals surface area contributed by atoms with Gasteiger partial charge in [-0.2, -0.15) is 0 Å². The van der Waals surface area contributed by atoms with Gasteiger partial charge in [0.2, 0.25) is 5.91 Å². The second-order valence-corrected chi connectivity index (χ2v) is 5.81. The molecule has 2 heterocycles. The molecular weight excluding hydrogens is 307 g/mol. The highest BCUT2D eigenvalue weighted by Crippen LogP contribution is 2.32. The van der Waals surface area contributed by atoms with Crippen LogP contribution in [0.3, 0.4) is 0 Å². The fourth-order valence-electron chi connectivity index (χ4n) is 2.92. The molecule has 0 unspecified atom stereocenters. The molecule has 3 rings (SSSR count). The third kappa shape index (κ3) is 3.86.